The van der Waals surface area contributed by atoms with Crippen molar-refractivity contribution in [3.63, 3.8) is 0 Å². The highest BCUT2D eigenvalue weighted by atomic mass is 19.4. The third kappa shape index (κ3) is 8.24. The molecule has 4 rings (SSSR count). The van der Waals surface area contributed by atoms with Crippen molar-refractivity contribution < 1.29 is 32.0 Å². The quantitative estimate of drug-likeness (QED) is 0.376. The average molecular weight is 557 g/mol. The molecule has 8 nitrogen and oxygen atoms in total. The molecule has 0 unspecified atom stereocenters. The van der Waals surface area contributed by atoms with Gasteiger partial charge in [-0.3, -0.25) is 10.2 Å². The van der Waals surface area contributed by atoms with E-state index in [9.17, 15) is 18.0 Å². The van der Waals surface area contributed by atoms with Gasteiger partial charge in [0, 0.05) is 47.9 Å². The van der Waals surface area contributed by atoms with Crippen molar-refractivity contribution in [1.29, 1.82) is 0 Å². The van der Waals surface area contributed by atoms with Crippen molar-refractivity contribution in [3.8, 4) is 17.6 Å². The van der Waals surface area contributed by atoms with Crippen molar-refractivity contribution in [1.82, 2.24) is 10.1 Å². The second kappa shape index (κ2) is 12.4. The molecule has 3 aromatic rings. The Labute approximate surface area is 230 Å². The van der Waals surface area contributed by atoms with Gasteiger partial charge in [0.05, 0.1) is 18.8 Å². The molecular formula is C29H31F3N4O4. The number of nitrogens with one attached hydrogen (secondary N) is 2. The van der Waals surface area contributed by atoms with E-state index in [2.05, 4.69) is 32.5 Å². The Kier molecular flexibility index (Phi) is 9.02. The SMILES string of the molecule is CC(C)(C)c1cc(NC(=O)Nc2ccc(C#Cc3ccc(C(F)(F)F)c(OCCN4CCOCC4)c3)cc2)no1. The summed E-state index contributed by atoms with van der Waals surface area (Å²) in [6.45, 7) is 9.19. The van der Waals surface area contributed by atoms with Gasteiger partial charge in [-0.15, -0.1) is 0 Å². The summed E-state index contributed by atoms with van der Waals surface area (Å²) < 4.78 is 56.7. The number of amides is 2. The minimum atomic E-state index is -4.54. The zero-order valence-corrected chi connectivity index (χ0v) is 22.5. The van der Waals surface area contributed by atoms with Gasteiger partial charge in [-0.25, -0.2) is 4.79 Å². The van der Waals surface area contributed by atoms with E-state index in [1.807, 2.05) is 20.8 Å². The van der Waals surface area contributed by atoms with Gasteiger partial charge in [0.25, 0.3) is 0 Å². The van der Waals surface area contributed by atoms with E-state index in [4.69, 9.17) is 14.0 Å². The molecule has 1 aliphatic heterocycles. The van der Waals surface area contributed by atoms with E-state index in [1.54, 1.807) is 30.3 Å². The second-order valence-corrected chi connectivity index (χ2v) is 10.2. The van der Waals surface area contributed by atoms with Gasteiger partial charge in [-0.2, -0.15) is 13.2 Å². The summed E-state index contributed by atoms with van der Waals surface area (Å²) in [6.07, 6.45) is -4.54. The smallest absolute Gasteiger partial charge is 0.419 e. The molecule has 11 heteroatoms. The molecule has 1 aromatic heterocycles. The van der Waals surface area contributed by atoms with Crippen LogP contribution in [0.5, 0.6) is 5.75 Å². The fraction of sp³-hybridized carbons (Fsp3) is 0.379. The Morgan fingerprint density at radius 3 is 2.33 bits per heavy atom. The van der Waals surface area contributed by atoms with Gasteiger partial charge >= 0.3 is 12.2 Å². The maximum atomic E-state index is 13.5. The summed E-state index contributed by atoms with van der Waals surface area (Å²) in [5.41, 5.74) is 0.449. The Morgan fingerprint density at radius 1 is 1.00 bits per heavy atom. The third-order valence-corrected chi connectivity index (χ3v) is 6.04. The standard InChI is InChI=1S/C29H31F3N4O4/c1-28(2,3)25-19-26(35-40-25)34-27(37)33-22-9-6-20(7-10-22)4-5-21-8-11-23(29(30,31)32)24(18-21)39-17-14-36-12-15-38-16-13-36/h6-11,18-19H,12-17H2,1-3H3,(H2,33,34,35,37). The lowest BCUT2D eigenvalue weighted by Crippen LogP contribution is -2.38. The highest BCUT2D eigenvalue weighted by Gasteiger charge is 2.34. The molecule has 0 aliphatic carbocycles. The second-order valence-electron chi connectivity index (χ2n) is 10.2. The first-order valence-electron chi connectivity index (χ1n) is 12.8. The van der Waals surface area contributed by atoms with E-state index in [0.717, 1.165) is 19.2 Å². The minimum Gasteiger partial charge on any atom is -0.492 e. The fourth-order valence-corrected chi connectivity index (χ4v) is 3.81. The van der Waals surface area contributed by atoms with Crippen molar-refractivity contribution in [2.75, 3.05) is 50.1 Å². The topological polar surface area (TPSA) is 88.9 Å². The maximum Gasteiger partial charge on any atom is 0.419 e. The van der Waals surface area contributed by atoms with Crippen LogP contribution in [0.4, 0.5) is 29.5 Å². The van der Waals surface area contributed by atoms with Gasteiger partial charge in [-0.1, -0.05) is 37.8 Å². The van der Waals surface area contributed by atoms with E-state index in [0.29, 0.717) is 48.2 Å². The molecule has 0 spiro atoms. The lowest BCUT2D eigenvalue weighted by Gasteiger charge is -2.26. The molecule has 40 heavy (non-hydrogen) atoms. The van der Waals surface area contributed by atoms with Crippen LogP contribution in [0, 0.1) is 11.8 Å². The normalized spacial score (nSPS) is 14.2. The molecule has 2 heterocycles. The lowest BCUT2D eigenvalue weighted by molar-refractivity contribution is -0.139. The molecule has 1 fully saturated rings. The number of benzene rings is 2. The molecule has 0 bridgehead atoms. The number of hydrogen-bond donors (Lipinski definition) is 2. The third-order valence-electron chi connectivity index (χ3n) is 6.04. The molecule has 1 saturated heterocycles. The molecular weight excluding hydrogens is 525 g/mol. The summed E-state index contributed by atoms with van der Waals surface area (Å²) in [5, 5.41) is 9.16. The zero-order chi connectivity index (χ0) is 28.8. The summed E-state index contributed by atoms with van der Waals surface area (Å²) in [7, 11) is 0. The summed E-state index contributed by atoms with van der Waals surface area (Å²) in [4.78, 5) is 14.4. The van der Waals surface area contributed by atoms with Gasteiger partial charge in [0.1, 0.15) is 18.1 Å². The molecule has 2 N–H and O–H groups in total. The van der Waals surface area contributed by atoms with Gasteiger partial charge in [0.15, 0.2) is 5.82 Å². The largest absolute Gasteiger partial charge is 0.492 e. The van der Waals surface area contributed by atoms with Crippen LogP contribution in [0.25, 0.3) is 0 Å². The number of rotatable bonds is 6. The maximum absolute atomic E-state index is 13.5. The molecule has 0 saturated carbocycles. The lowest BCUT2D eigenvalue weighted by atomic mass is 9.93. The highest BCUT2D eigenvalue weighted by Crippen LogP contribution is 2.36. The first kappa shape index (κ1) is 29.0. The van der Waals surface area contributed by atoms with Crippen molar-refractivity contribution in [2.24, 2.45) is 0 Å². The molecule has 2 aromatic carbocycles. The monoisotopic (exact) mass is 556 g/mol. The van der Waals surface area contributed by atoms with Crippen molar-refractivity contribution >= 4 is 17.5 Å². The van der Waals surface area contributed by atoms with E-state index >= 15 is 0 Å². The number of carbonyl (C=O) groups excluding carboxylic acids is 1. The number of morpholine rings is 1. The van der Waals surface area contributed by atoms with Crippen LogP contribution in [0.15, 0.2) is 53.1 Å². The van der Waals surface area contributed by atoms with Crippen LogP contribution < -0.4 is 15.4 Å². The predicted molar refractivity (Wildman–Crippen MR) is 144 cm³/mol. The summed E-state index contributed by atoms with van der Waals surface area (Å²) in [5.74, 6) is 6.51. The number of hydrogen-bond acceptors (Lipinski definition) is 6. The molecule has 1 aliphatic rings. The van der Waals surface area contributed by atoms with Crippen LogP contribution in [-0.2, 0) is 16.3 Å². The van der Waals surface area contributed by atoms with Crippen LogP contribution >= 0.6 is 0 Å². The number of urea groups is 1. The number of nitrogens with zero attached hydrogens (tertiary/aromatic N) is 2. The molecule has 0 radical (unpaired) electrons. The fourth-order valence-electron chi connectivity index (χ4n) is 3.81. The Bertz CT molecular complexity index is 1360. The van der Waals surface area contributed by atoms with Gasteiger partial charge in [-0.05, 0) is 42.5 Å². The highest BCUT2D eigenvalue weighted by molar-refractivity contribution is 5.99. The molecule has 2 amide bonds. The molecule has 0 atom stereocenters. The van der Waals surface area contributed by atoms with E-state index < -0.39 is 17.8 Å². The number of halogens is 3. The molecule has 212 valence electrons. The van der Waals surface area contributed by atoms with Crippen LogP contribution in [0.3, 0.4) is 0 Å². The Balaban J connectivity index is 1.37. The van der Waals surface area contributed by atoms with Crippen LogP contribution in [0.2, 0.25) is 0 Å². The van der Waals surface area contributed by atoms with Crippen LogP contribution in [0.1, 0.15) is 43.2 Å². The van der Waals surface area contributed by atoms with Crippen LogP contribution in [-0.4, -0.2) is 55.5 Å². The number of ether oxygens (including phenoxy) is 2. The Hall–Kier alpha value is -4.01. The number of alkyl halides is 3. The summed E-state index contributed by atoms with van der Waals surface area (Å²) >= 11 is 0. The number of aromatic nitrogens is 1. The zero-order valence-electron chi connectivity index (χ0n) is 22.5. The van der Waals surface area contributed by atoms with Gasteiger partial charge < -0.3 is 19.3 Å². The number of carbonyl (C=O) groups is 1. The first-order chi connectivity index (χ1) is 19.0. The average Bonchev–Trinajstić information content (AvgIpc) is 3.37. The summed E-state index contributed by atoms with van der Waals surface area (Å²) in [6, 6.07) is 11.5. The Morgan fingerprint density at radius 2 is 1.68 bits per heavy atom. The van der Waals surface area contributed by atoms with Crippen molar-refractivity contribution in [2.45, 2.75) is 32.4 Å². The van der Waals surface area contributed by atoms with Gasteiger partial charge in [0.2, 0.25) is 0 Å². The number of anilines is 2. The minimum absolute atomic E-state index is 0.121. The van der Waals surface area contributed by atoms with Crippen molar-refractivity contribution in [3.05, 3.63) is 71.0 Å². The van der Waals surface area contributed by atoms with E-state index in [1.165, 1.54) is 12.1 Å². The first-order valence-corrected chi connectivity index (χ1v) is 12.8. The predicted octanol–water partition coefficient (Wildman–Crippen LogP) is 5.75. The van der Waals surface area contributed by atoms with E-state index in [-0.39, 0.29) is 17.8 Å².